The average molecular weight is 361 g/mol. The first-order chi connectivity index (χ1) is 12.0. The van der Waals surface area contributed by atoms with Crippen LogP contribution in [0.15, 0.2) is 69.1 Å². The highest BCUT2D eigenvalue weighted by Crippen LogP contribution is 2.33. The van der Waals surface area contributed by atoms with Gasteiger partial charge in [-0.1, -0.05) is 18.2 Å². The zero-order valence-corrected chi connectivity index (χ0v) is 13.4. The van der Waals surface area contributed by atoms with Gasteiger partial charge in [0.05, 0.1) is 5.56 Å². The summed E-state index contributed by atoms with van der Waals surface area (Å²) in [5.74, 6) is 0.325. The van der Waals surface area contributed by atoms with Crippen molar-refractivity contribution in [1.82, 2.24) is 15.2 Å². The highest BCUT2D eigenvalue weighted by atomic mass is 32.2. The Hall–Kier alpha value is -2.74. The van der Waals surface area contributed by atoms with Crippen molar-refractivity contribution >= 4 is 22.7 Å². The molecule has 0 saturated carbocycles. The first-order valence-corrected chi connectivity index (χ1v) is 8.07. The predicted octanol–water partition coefficient (Wildman–Crippen LogP) is 5.39. The summed E-state index contributed by atoms with van der Waals surface area (Å²) in [5.41, 5.74) is 0.946. The van der Waals surface area contributed by atoms with Crippen LogP contribution in [0.4, 0.5) is 13.2 Å². The molecule has 0 aliphatic rings. The molecule has 25 heavy (non-hydrogen) atoms. The second-order valence-corrected chi connectivity index (χ2v) is 6.29. The van der Waals surface area contributed by atoms with E-state index >= 15 is 0 Å². The van der Waals surface area contributed by atoms with Crippen molar-refractivity contribution in [3.05, 3.63) is 60.2 Å². The quantitative estimate of drug-likeness (QED) is 0.532. The molecule has 4 nitrogen and oxygen atoms in total. The van der Waals surface area contributed by atoms with Crippen LogP contribution in [0.2, 0.25) is 0 Å². The molecule has 2 aromatic carbocycles. The van der Waals surface area contributed by atoms with Crippen molar-refractivity contribution in [2.24, 2.45) is 0 Å². The van der Waals surface area contributed by atoms with E-state index in [1.54, 1.807) is 0 Å². The number of hydrogen-bond acceptors (Lipinski definition) is 4. The smallest absolute Gasteiger partial charge is 0.409 e. The molecule has 0 saturated heterocycles. The Balaban J connectivity index is 1.55. The molecule has 0 atom stereocenters. The van der Waals surface area contributed by atoms with E-state index in [1.165, 1.54) is 12.1 Å². The average Bonchev–Trinajstić information content (AvgIpc) is 3.20. The summed E-state index contributed by atoms with van der Waals surface area (Å²) >= 11 is 1.11. The maximum atomic E-state index is 12.6. The summed E-state index contributed by atoms with van der Waals surface area (Å²) in [7, 11) is 0. The molecule has 0 spiro atoms. The number of para-hydroxylation sites is 1. The molecule has 1 N–H and O–H groups in total. The van der Waals surface area contributed by atoms with E-state index in [4.69, 9.17) is 4.42 Å². The van der Waals surface area contributed by atoms with Gasteiger partial charge in [-0.2, -0.15) is 13.2 Å². The van der Waals surface area contributed by atoms with Crippen molar-refractivity contribution in [2.75, 3.05) is 0 Å². The van der Waals surface area contributed by atoms with E-state index in [0.29, 0.717) is 16.5 Å². The summed E-state index contributed by atoms with van der Waals surface area (Å²) in [6.45, 7) is 0. The van der Waals surface area contributed by atoms with Gasteiger partial charge >= 0.3 is 6.18 Å². The van der Waals surface area contributed by atoms with E-state index in [1.807, 2.05) is 30.3 Å². The highest BCUT2D eigenvalue weighted by Gasteiger charge is 2.30. The molecule has 0 radical (unpaired) electrons. The van der Waals surface area contributed by atoms with Crippen molar-refractivity contribution < 1.29 is 17.6 Å². The fraction of sp³-hybridized carbons (Fsp3) is 0.0588. The lowest BCUT2D eigenvalue weighted by Crippen LogP contribution is -2.03. The molecule has 8 heteroatoms. The fourth-order valence-electron chi connectivity index (χ4n) is 2.36. The van der Waals surface area contributed by atoms with E-state index in [2.05, 4.69) is 15.2 Å². The molecule has 2 heterocycles. The van der Waals surface area contributed by atoms with E-state index < -0.39 is 11.7 Å². The lowest BCUT2D eigenvalue weighted by Gasteiger charge is -2.06. The van der Waals surface area contributed by atoms with Crippen molar-refractivity contribution in [3.8, 4) is 11.6 Å². The Kier molecular flexibility index (Phi) is 3.76. The van der Waals surface area contributed by atoms with Crippen molar-refractivity contribution in [1.29, 1.82) is 0 Å². The van der Waals surface area contributed by atoms with Gasteiger partial charge in [0.25, 0.3) is 11.1 Å². The number of hydrogen-bond donors (Lipinski definition) is 1. The number of aromatic nitrogens is 3. The number of H-pyrrole nitrogens is 1. The number of fused-ring (bicyclic) bond motifs is 1. The van der Waals surface area contributed by atoms with Crippen LogP contribution >= 0.6 is 11.8 Å². The topological polar surface area (TPSA) is 54.7 Å². The van der Waals surface area contributed by atoms with Gasteiger partial charge in [-0.3, -0.25) is 0 Å². The maximum absolute atomic E-state index is 12.6. The van der Waals surface area contributed by atoms with Crippen LogP contribution in [0.5, 0.6) is 0 Å². The minimum atomic E-state index is -4.35. The number of alkyl halides is 3. The maximum Gasteiger partial charge on any atom is 0.416 e. The summed E-state index contributed by atoms with van der Waals surface area (Å²) < 4.78 is 43.3. The number of nitrogens with one attached hydrogen (secondary N) is 1. The number of halogens is 3. The molecule has 0 fully saturated rings. The normalized spacial score (nSPS) is 12.0. The first kappa shape index (κ1) is 15.8. The SMILES string of the molecule is FC(F)(F)c1ccc(Sc2nnc(-c3cc4ccccc4[nH]3)o2)cc1. The van der Waals surface area contributed by atoms with Gasteiger partial charge in [-0.25, -0.2) is 0 Å². The Morgan fingerprint density at radius 2 is 1.72 bits per heavy atom. The minimum absolute atomic E-state index is 0.258. The van der Waals surface area contributed by atoms with Gasteiger partial charge < -0.3 is 9.40 Å². The van der Waals surface area contributed by atoms with Crippen LogP contribution in [0.25, 0.3) is 22.5 Å². The summed E-state index contributed by atoms with van der Waals surface area (Å²) in [4.78, 5) is 3.77. The summed E-state index contributed by atoms with van der Waals surface area (Å²) in [6.07, 6.45) is -4.35. The second kappa shape index (κ2) is 5.96. The van der Waals surface area contributed by atoms with Crippen LogP contribution in [0.3, 0.4) is 0 Å². The van der Waals surface area contributed by atoms with Crippen molar-refractivity contribution in [3.63, 3.8) is 0 Å². The highest BCUT2D eigenvalue weighted by molar-refractivity contribution is 7.99. The molecule has 0 amide bonds. The molecule has 4 rings (SSSR count). The molecule has 0 aliphatic carbocycles. The molecule has 4 aromatic rings. The lowest BCUT2D eigenvalue weighted by atomic mass is 10.2. The molecular formula is C17H10F3N3OS. The number of benzene rings is 2. The standard InChI is InChI=1S/C17H10F3N3OS/c18-17(19,20)11-5-7-12(8-6-11)25-16-23-22-15(24-16)14-9-10-3-1-2-4-13(10)21-14/h1-9,21H. The first-order valence-electron chi connectivity index (χ1n) is 7.26. The predicted molar refractivity (Wildman–Crippen MR) is 87.2 cm³/mol. The number of rotatable bonds is 3. The largest absolute Gasteiger partial charge is 0.416 e. The van der Waals surface area contributed by atoms with Gasteiger partial charge in [0, 0.05) is 15.8 Å². The van der Waals surface area contributed by atoms with Crippen LogP contribution < -0.4 is 0 Å². The zero-order valence-electron chi connectivity index (χ0n) is 12.5. The third-order valence-electron chi connectivity index (χ3n) is 3.55. The minimum Gasteiger partial charge on any atom is -0.409 e. The van der Waals surface area contributed by atoms with Crippen molar-refractivity contribution in [2.45, 2.75) is 16.3 Å². The zero-order chi connectivity index (χ0) is 17.4. The fourth-order valence-corrected chi connectivity index (χ4v) is 3.04. The molecule has 126 valence electrons. The molecule has 2 aromatic heterocycles. The third-order valence-corrected chi connectivity index (χ3v) is 4.40. The van der Waals surface area contributed by atoms with Gasteiger partial charge in [-0.15, -0.1) is 10.2 Å². The number of nitrogens with zero attached hydrogens (tertiary/aromatic N) is 2. The monoisotopic (exact) mass is 361 g/mol. The Bertz CT molecular complexity index is 988. The van der Waals surface area contributed by atoms with Gasteiger partial charge in [-0.05, 0) is 48.2 Å². The second-order valence-electron chi connectivity index (χ2n) is 5.27. The summed E-state index contributed by atoms with van der Waals surface area (Å²) in [6, 6.07) is 14.4. The molecule has 0 bridgehead atoms. The van der Waals surface area contributed by atoms with E-state index in [9.17, 15) is 13.2 Å². The van der Waals surface area contributed by atoms with Crippen LogP contribution in [-0.2, 0) is 6.18 Å². The Morgan fingerprint density at radius 3 is 2.44 bits per heavy atom. The third kappa shape index (κ3) is 3.25. The molecule has 0 unspecified atom stereocenters. The Labute approximate surface area is 144 Å². The van der Waals surface area contributed by atoms with E-state index in [-0.39, 0.29) is 5.22 Å². The number of aromatic amines is 1. The van der Waals surface area contributed by atoms with Crippen LogP contribution in [0.1, 0.15) is 5.56 Å². The van der Waals surface area contributed by atoms with Gasteiger partial charge in [0.2, 0.25) is 0 Å². The van der Waals surface area contributed by atoms with E-state index in [0.717, 1.165) is 34.8 Å². The van der Waals surface area contributed by atoms with Crippen LogP contribution in [0, 0.1) is 0 Å². The molecular weight excluding hydrogens is 351 g/mol. The Morgan fingerprint density at radius 1 is 0.960 bits per heavy atom. The lowest BCUT2D eigenvalue weighted by molar-refractivity contribution is -0.137. The molecule has 0 aliphatic heterocycles. The van der Waals surface area contributed by atoms with Crippen LogP contribution in [-0.4, -0.2) is 15.2 Å². The van der Waals surface area contributed by atoms with Gasteiger partial charge in [0.15, 0.2) is 0 Å². The van der Waals surface area contributed by atoms with Gasteiger partial charge in [0.1, 0.15) is 5.69 Å². The summed E-state index contributed by atoms with van der Waals surface area (Å²) in [5, 5.41) is 9.20.